The molecular weight excluding hydrogens is 295 g/mol. The Kier molecular flexibility index (Phi) is 5.70. The van der Waals surface area contributed by atoms with Gasteiger partial charge in [0.2, 0.25) is 5.91 Å². The third-order valence-electron chi connectivity index (χ3n) is 4.01. The van der Waals surface area contributed by atoms with Crippen molar-refractivity contribution in [2.45, 2.75) is 25.7 Å². The van der Waals surface area contributed by atoms with Crippen molar-refractivity contribution in [1.29, 1.82) is 0 Å². The SMILES string of the molecule is NCC1CCCC1C(=O)NCCc1ccc(Cl)cc1Cl. The monoisotopic (exact) mass is 314 g/mol. The highest BCUT2D eigenvalue weighted by atomic mass is 35.5. The normalized spacial score (nSPS) is 21.9. The fraction of sp³-hybridized carbons (Fsp3) is 0.533. The number of benzene rings is 1. The Morgan fingerprint density at radius 1 is 1.35 bits per heavy atom. The van der Waals surface area contributed by atoms with Gasteiger partial charge in [-0.1, -0.05) is 35.7 Å². The first kappa shape index (κ1) is 15.6. The van der Waals surface area contributed by atoms with Crippen molar-refractivity contribution >= 4 is 29.1 Å². The van der Waals surface area contributed by atoms with Gasteiger partial charge in [0.25, 0.3) is 0 Å². The van der Waals surface area contributed by atoms with Gasteiger partial charge in [-0.05, 0) is 49.4 Å². The van der Waals surface area contributed by atoms with Crippen LogP contribution in [0.4, 0.5) is 0 Å². The van der Waals surface area contributed by atoms with E-state index in [-0.39, 0.29) is 11.8 Å². The molecule has 110 valence electrons. The lowest BCUT2D eigenvalue weighted by atomic mass is 9.95. The van der Waals surface area contributed by atoms with E-state index in [9.17, 15) is 4.79 Å². The van der Waals surface area contributed by atoms with E-state index < -0.39 is 0 Å². The van der Waals surface area contributed by atoms with Crippen LogP contribution in [-0.2, 0) is 11.2 Å². The van der Waals surface area contributed by atoms with Gasteiger partial charge < -0.3 is 11.1 Å². The first-order chi connectivity index (χ1) is 9.61. The van der Waals surface area contributed by atoms with Crippen LogP contribution in [0.2, 0.25) is 10.0 Å². The van der Waals surface area contributed by atoms with E-state index in [1.807, 2.05) is 12.1 Å². The maximum absolute atomic E-state index is 12.1. The summed E-state index contributed by atoms with van der Waals surface area (Å²) >= 11 is 12.0. The highest BCUT2D eigenvalue weighted by molar-refractivity contribution is 6.35. The first-order valence-electron chi connectivity index (χ1n) is 7.03. The van der Waals surface area contributed by atoms with Crippen LogP contribution >= 0.6 is 23.2 Å². The summed E-state index contributed by atoms with van der Waals surface area (Å²) in [6.45, 7) is 1.19. The first-order valence-corrected chi connectivity index (χ1v) is 7.79. The zero-order valence-electron chi connectivity index (χ0n) is 11.4. The predicted octanol–water partition coefficient (Wildman–Crippen LogP) is 3.03. The van der Waals surface area contributed by atoms with Crippen LogP contribution in [0.15, 0.2) is 18.2 Å². The largest absolute Gasteiger partial charge is 0.356 e. The van der Waals surface area contributed by atoms with Crippen LogP contribution < -0.4 is 11.1 Å². The van der Waals surface area contributed by atoms with Crippen LogP contribution in [0, 0.1) is 11.8 Å². The van der Waals surface area contributed by atoms with Gasteiger partial charge in [0, 0.05) is 22.5 Å². The van der Waals surface area contributed by atoms with Crippen LogP contribution in [0.1, 0.15) is 24.8 Å². The maximum atomic E-state index is 12.1. The second-order valence-electron chi connectivity index (χ2n) is 5.31. The number of hydrogen-bond donors (Lipinski definition) is 2. The zero-order valence-corrected chi connectivity index (χ0v) is 12.9. The third kappa shape index (κ3) is 3.87. The second-order valence-corrected chi connectivity index (χ2v) is 6.15. The Morgan fingerprint density at radius 2 is 2.15 bits per heavy atom. The molecule has 1 aliphatic rings. The summed E-state index contributed by atoms with van der Waals surface area (Å²) in [6.07, 6.45) is 3.83. The van der Waals surface area contributed by atoms with Crippen molar-refractivity contribution in [2.24, 2.45) is 17.6 Å². The van der Waals surface area contributed by atoms with Crippen molar-refractivity contribution in [1.82, 2.24) is 5.32 Å². The summed E-state index contributed by atoms with van der Waals surface area (Å²) in [7, 11) is 0. The summed E-state index contributed by atoms with van der Waals surface area (Å²) in [6, 6.07) is 5.43. The molecule has 3 nitrogen and oxygen atoms in total. The molecule has 3 N–H and O–H groups in total. The van der Waals surface area contributed by atoms with E-state index in [0.717, 1.165) is 24.8 Å². The molecule has 1 aromatic rings. The number of hydrogen-bond acceptors (Lipinski definition) is 2. The fourth-order valence-corrected chi connectivity index (χ4v) is 3.34. The Balaban J connectivity index is 1.82. The molecule has 1 saturated carbocycles. The molecule has 2 rings (SSSR count). The topological polar surface area (TPSA) is 55.1 Å². The van der Waals surface area contributed by atoms with Crippen molar-refractivity contribution < 1.29 is 4.79 Å². The van der Waals surface area contributed by atoms with Gasteiger partial charge in [-0.15, -0.1) is 0 Å². The molecule has 0 aromatic heterocycles. The zero-order chi connectivity index (χ0) is 14.5. The van der Waals surface area contributed by atoms with Crippen LogP contribution in [0.5, 0.6) is 0 Å². The Labute approximate surface area is 129 Å². The summed E-state index contributed by atoms with van der Waals surface area (Å²) in [5, 5.41) is 4.26. The minimum absolute atomic E-state index is 0.0840. The van der Waals surface area contributed by atoms with Crippen molar-refractivity contribution in [2.75, 3.05) is 13.1 Å². The number of carbonyl (C=O) groups excluding carboxylic acids is 1. The quantitative estimate of drug-likeness (QED) is 0.877. The second kappa shape index (κ2) is 7.30. The van der Waals surface area contributed by atoms with Crippen LogP contribution in [-0.4, -0.2) is 19.0 Å². The average molecular weight is 315 g/mol. The van der Waals surface area contributed by atoms with Gasteiger partial charge in [0.05, 0.1) is 0 Å². The molecule has 1 aromatic carbocycles. The van der Waals surface area contributed by atoms with Crippen molar-refractivity contribution in [3.63, 3.8) is 0 Å². The molecule has 1 aliphatic carbocycles. The highest BCUT2D eigenvalue weighted by Gasteiger charge is 2.31. The van der Waals surface area contributed by atoms with E-state index in [0.29, 0.717) is 35.5 Å². The Bertz CT molecular complexity index is 479. The minimum Gasteiger partial charge on any atom is -0.356 e. The van der Waals surface area contributed by atoms with E-state index >= 15 is 0 Å². The average Bonchev–Trinajstić information content (AvgIpc) is 2.89. The molecule has 0 radical (unpaired) electrons. The molecule has 2 unspecified atom stereocenters. The van der Waals surface area contributed by atoms with Crippen LogP contribution in [0.25, 0.3) is 0 Å². The van der Waals surface area contributed by atoms with Gasteiger partial charge in [0.1, 0.15) is 0 Å². The number of rotatable bonds is 5. The number of nitrogens with one attached hydrogen (secondary N) is 1. The lowest BCUT2D eigenvalue weighted by Crippen LogP contribution is -2.36. The smallest absolute Gasteiger partial charge is 0.223 e. The van der Waals surface area contributed by atoms with Gasteiger partial charge in [-0.2, -0.15) is 0 Å². The summed E-state index contributed by atoms with van der Waals surface area (Å²) in [5.41, 5.74) is 6.70. The molecule has 0 bridgehead atoms. The number of nitrogens with two attached hydrogens (primary N) is 1. The van der Waals surface area contributed by atoms with Crippen molar-refractivity contribution in [3.8, 4) is 0 Å². The molecule has 20 heavy (non-hydrogen) atoms. The van der Waals surface area contributed by atoms with E-state index in [1.165, 1.54) is 0 Å². The molecular formula is C15H20Cl2N2O. The standard InChI is InChI=1S/C15H20Cl2N2O/c16-12-5-4-10(14(17)8-12)6-7-19-15(20)13-3-1-2-11(13)9-18/h4-5,8,11,13H,1-3,6-7,9,18H2,(H,19,20). The van der Waals surface area contributed by atoms with Crippen LogP contribution in [0.3, 0.4) is 0 Å². The Hall–Kier alpha value is -0.770. The molecule has 0 spiro atoms. The fourth-order valence-electron chi connectivity index (χ4n) is 2.84. The molecule has 0 aliphatic heterocycles. The van der Waals surface area contributed by atoms with E-state index in [2.05, 4.69) is 5.32 Å². The van der Waals surface area contributed by atoms with Gasteiger partial charge in [-0.3, -0.25) is 4.79 Å². The molecule has 5 heteroatoms. The molecule has 1 amide bonds. The number of amides is 1. The summed E-state index contributed by atoms with van der Waals surface area (Å²) in [5.74, 6) is 0.554. The maximum Gasteiger partial charge on any atom is 0.223 e. The number of halogens is 2. The molecule has 0 heterocycles. The Morgan fingerprint density at radius 3 is 2.85 bits per heavy atom. The van der Waals surface area contributed by atoms with Gasteiger partial charge in [-0.25, -0.2) is 0 Å². The molecule has 1 fully saturated rings. The van der Waals surface area contributed by atoms with Crippen molar-refractivity contribution in [3.05, 3.63) is 33.8 Å². The summed E-state index contributed by atoms with van der Waals surface area (Å²) in [4.78, 5) is 12.1. The third-order valence-corrected chi connectivity index (χ3v) is 4.59. The highest BCUT2D eigenvalue weighted by Crippen LogP contribution is 2.30. The van der Waals surface area contributed by atoms with E-state index in [1.54, 1.807) is 6.07 Å². The lowest BCUT2D eigenvalue weighted by molar-refractivity contribution is -0.125. The predicted molar refractivity (Wildman–Crippen MR) is 83.1 cm³/mol. The van der Waals surface area contributed by atoms with E-state index in [4.69, 9.17) is 28.9 Å². The van der Waals surface area contributed by atoms with Gasteiger partial charge >= 0.3 is 0 Å². The lowest BCUT2D eigenvalue weighted by Gasteiger charge is -2.17. The minimum atomic E-state index is 0.0840. The summed E-state index contributed by atoms with van der Waals surface area (Å²) < 4.78 is 0. The van der Waals surface area contributed by atoms with Gasteiger partial charge in [0.15, 0.2) is 0 Å². The number of carbonyl (C=O) groups is 1. The molecule has 2 atom stereocenters. The molecule has 0 saturated heterocycles.